The molecule has 3 N–H and O–H groups in total. The number of carbonyl (C=O) groups excluding carboxylic acids is 1. The Balaban J connectivity index is 1.67. The van der Waals surface area contributed by atoms with Crippen LogP contribution in [-0.4, -0.2) is 69.7 Å². The summed E-state index contributed by atoms with van der Waals surface area (Å²) in [5.41, 5.74) is 7.49. The molecule has 1 aromatic carbocycles. The van der Waals surface area contributed by atoms with Gasteiger partial charge in [-0.25, -0.2) is 0 Å². The first-order valence-corrected chi connectivity index (χ1v) is 11.9. The molecule has 33 heavy (non-hydrogen) atoms. The molecule has 0 bridgehead atoms. The summed E-state index contributed by atoms with van der Waals surface area (Å²) >= 11 is 0. The summed E-state index contributed by atoms with van der Waals surface area (Å²) in [4.78, 5) is 20.1. The Kier molecular flexibility index (Phi) is 8.06. The molecule has 0 aliphatic heterocycles. The van der Waals surface area contributed by atoms with Crippen LogP contribution >= 0.6 is 0 Å². The number of nitrogens with zero attached hydrogens (tertiary/aromatic N) is 3. The zero-order chi connectivity index (χ0) is 24.0. The largest absolute Gasteiger partial charge is 0.390 e. The highest BCUT2D eigenvalue weighted by Gasteiger charge is 2.43. The van der Waals surface area contributed by atoms with Crippen molar-refractivity contribution in [3.63, 3.8) is 0 Å². The van der Waals surface area contributed by atoms with Crippen LogP contribution in [0.25, 0.3) is 0 Å². The Labute approximate surface area is 199 Å². The lowest BCUT2D eigenvalue weighted by molar-refractivity contribution is -0.120. The van der Waals surface area contributed by atoms with Gasteiger partial charge in [-0.15, -0.1) is 0 Å². The van der Waals surface area contributed by atoms with E-state index in [0.717, 1.165) is 62.3 Å². The third-order valence-electron chi connectivity index (χ3n) is 7.34. The van der Waals surface area contributed by atoms with E-state index in [1.165, 1.54) is 35.4 Å². The van der Waals surface area contributed by atoms with Gasteiger partial charge in [0.25, 0.3) is 0 Å². The second-order valence-electron chi connectivity index (χ2n) is 9.21. The number of hydrogen-bond acceptors (Lipinski definition) is 6. The van der Waals surface area contributed by atoms with Crippen molar-refractivity contribution < 1.29 is 4.79 Å². The number of rotatable bonds is 12. The van der Waals surface area contributed by atoms with Gasteiger partial charge in [-0.3, -0.25) is 9.79 Å². The number of allylic oxidation sites excluding steroid dienone is 2. The number of nitrogens with one attached hydrogen (secondary N) is 3. The molecule has 0 radical (unpaired) electrons. The van der Waals surface area contributed by atoms with Crippen molar-refractivity contribution in [3.05, 3.63) is 46.9 Å². The van der Waals surface area contributed by atoms with E-state index in [9.17, 15) is 4.79 Å². The van der Waals surface area contributed by atoms with Crippen LogP contribution < -0.4 is 16.0 Å². The zero-order valence-corrected chi connectivity index (χ0v) is 20.8. The molecule has 0 fully saturated rings. The fraction of sp³-hybridized carbons (Fsp3) is 0.538. The molecule has 2 aliphatic rings. The van der Waals surface area contributed by atoms with E-state index < -0.39 is 5.54 Å². The number of hydrogen-bond donors (Lipinski definition) is 3. The van der Waals surface area contributed by atoms with E-state index in [4.69, 9.17) is 0 Å². The van der Waals surface area contributed by atoms with Gasteiger partial charge in [0.1, 0.15) is 0 Å². The summed E-state index contributed by atoms with van der Waals surface area (Å²) < 4.78 is 0. The molecule has 7 nitrogen and oxygen atoms in total. The van der Waals surface area contributed by atoms with Crippen molar-refractivity contribution in [3.8, 4) is 0 Å². The fourth-order valence-corrected chi connectivity index (χ4v) is 5.23. The lowest BCUT2D eigenvalue weighted by Gasteiger charge is -2.38. The van der Waals surface area contributed by atoms with Gasteiger partial charge in [0, 0.05) is 71.2 Å². The van der Waals surface area contributed by atoms with Crippen molar-refractivity contribution in [1.82, 2.24) is 20.4 Å². The standard InChI is InChI=1S/C26H40N6O/c1-19(27-2)26(32(6)18-33)16-20-14-23(29-4)24(15-21(20)17-26)30-12-9-13-31(5)25-11-8-7-10-22(25)28-3/h14-15,18,27-28,30H,1,4,7-13,16-17H2,2-3,5-6H3. The number of aliphatic imine (C=N–C) groups is 1. The number of fused-ring (bicyclic) bond motifs is 1. The fourth-order valence-electron chi connectivity index (χ4n) is 5.23. The van der Waals surface area contributed by atoms with Gasteiger partial charge in [-0.05, 0) is 62.1 Å². The maximum atomic E-state index is 11.6. The van der Waals surface area contributed by atoms with Crippen molar-refractivity contribution in [2.45, 2.75) is 50.5 Å². The van der Waals surface area contributed by atoms with Crippen LogP contribution in [0.5, 0.6) is 0 Å². The highest BCUT2D eigenvalue weighted by atomic mass is 16.1. The predicted octanol–water partition coefficient (Wildman–Crippen LogP) is 3.42. The van der Waals surface area contributed by atoms with Gasteiger partial charge < -0.3 is 25.8 Å². The normalized spacial score (nSPS) is 19.5. The third-order valence-corrected chi connectivity index (χ3v) is 7.34. The Hall–Kier alpha value is -2.96. The van der Waals surface area contributed by atoms with Crippen LogP contribution in [0.15, 0.2) is 40.8 Å². The summed E-state index contributed by atoms with van der Waals surface area (Å²) in [6.45, 7) is 9.84. The molecule has 0 saturated heterocycles. The van der Waals surface area contributed by atoms with Crippen LogP contribution in [0, 0.1) is 0 Å². The average Bonchev–Trinajstić information content (AvgIpc) is 3.24. The minimum Gasteiger partial charge on any atom is -0.390 e. The summed E-state index contributed by atoms with van der Waals surface area (Å²) in [6.07, 6.45) is 8.21. The lowest BCUT2D eigenvalue weighted by Crippen LogP contribution is -2.51. The van der Waals surface area contributed by atoms with Gasteiger partial charge >= 0.3 is 0 Å². The summed E-state index contributed by atoms with van der Waals surface area (Å²) in [5.74, 6) is 0. The molecule has 1 atom stereocenters. The van der Waals surface area contributed by atoms with E-state index in [0.29, 0.717) is 6.42 Å². The predicted molar refractivity (Wildman–Crippen MR) is 138 cm³/mol. The number of likely N-dealkylation sites (N-methyl/N-ethyl adjacent to an activating group) is 2. The van der Waals surface area contributed by atoms with E-state index >= 15 is 0 Å². The maximum Gasteiger partial charge on any atom is 0.210 e. The van der Waals surface area contributed by atoms with Crippen molar-refractivity contribution in [2.24, 2.45) is 4.99 Å². The van der Waals surface area contributed by atoms with E-state index in [-0.39, 0.29) is 0 Å². The monoisotopic (exact) mass is 452 g/mol. The Morgan fingerprint density at radius 1 is 1.18 bits per heavy atom. The van der Waals surface area contributed by atoms with Crippen molar-refractivity contribution in [2.75, 3.05) is 46.6 Å². The molecule has 2 aliphatic carbocycles. The first kappa shape index (κ1) is 24.7. The van der Waals surface area contributed by atoms with Crippen molar-refractivity contribution in [1.29, 1.82) is 0 Å². The summed E-state index contributed by atoms with van der Waals surface area (Å²) in [7, 11) is 7.91. The molecule has 7 heteroatoms. The molecule has 1 aromatic rings. The van der Waals surface area contributed by atoms with Crippen LogP contribution in [-0.2, 0) is 17.6 Å². The van der Waals surface area contributed by atoms with Gasteiger partial charge in [-0.1, -0.05) is 6.58 Å². The lowest BCUT2D eigenvalue weighted by atomic mass is 9.90. The molecule has 180 valence electrons. The van der Waals surface area contributed by atoms with Gasteiger partial charge in [0.15, 0.2) is 0 Å². The smallest absolute Gasteiger partial charge is 0.210 e. The van der Waals surface area contributed by atoms with Crippen LogP contribution in [0.3, 0.4) is 0 Å². The molecule has 1 unspecified atom stereocenters. The minimum absolute atomic E-state index is 0.461. The van der Waals surface area contributed by atoms with Gasteiger partial charge in [-0.2, -0.15) is 0 Å². The maximum absolute atomic E-state index is 11.6. The molecular weight excluding hydrogens is 412 g/mol. The second kappa shape index (κ2) is 10.8. The average molecular weight is 453 g/mol. The quantitative estimate of drug-likeness (QED) is 0.258. The minimum atomic E-state index is -0.461. The third kappa shape index (κ3) is 5.02. The highest BCUT2D eigenvalue weighted by Crippen LogP contribution is 2.41. The zero-order valence-electron chi connectivity index (χ0n) is 20.8. The molecule has 0 heterocycles. The summed E-state index contributed by atoms with van der Waals surface area (Å²) in [6, 6.07) is 4.28. The highest BCUT2D eigenvalue weighted by molar-refractivity contribution is 5.71. The molecule has 0 saturated carbocycles. The van der Waals surface area contributed by atoms with Crippen LogP contribution in [0.2, 0.25) is 0 Å². The van der Waals surface area contributed by atoms with E-state index in [1.54, 1.807) is 4.90 Å². The molecule has 3 rings (SSSR count). The van der Waals surface area contributed by atoms with Crippen LogP contribution in [0.1, 0.15) is 43.2 Å². The molecule has 1 amide bonds. The Morgan fingerprint density at radius 3 is 2.52 bits per heavy atom. The number of anilines is 1. The number of amides is 1. The SMILES string of the molecule is C=Nc1cc2c(cc1NCCCN(C)C1=C(NC)CCCC1)CC(C(=C)NC)(N(C)C=O)C2. The molecule has 0 spiro atoms. The summed E-state index contributed by atoms with van der Waals surface area (Å²) in [5, 5.41) is 10.1. The van der Waals surface area contributed by atoms with Crippen molar-refractivity contribution >= 4 is 24.5 Å². The van der Waals surface area contributed by atoms with Gasteiger partial charge in [0.2, 0.25) is 6.41 Å². The molecule has 0 aromatic heterocycles. The van der Waals surface area contributed by atoms with Crippen LogP contribution in [0.4, 0.5) is 11.4 Å². The Bertz CT molecular complexity index is 924. The van der Waals surface area contributed by atoms with Gasteiger partial charge in [0.05, 0.1) is 16.9 Å². The second-order valence-corrected chi connectivity index (χ2v) is 9.21. The number of carbonyl (C=O) groups is 1. The first-order chi connectivity index (χ1) is 15.9. The Morgan fingerprint density at radius 2 is 1.88 bits per heavy atom. The first-order valence-electron chi connectivity index (χ1n) is 11.9. The molecular formula is C26H40N6O. The van der Waals surface area contributed by atoms with E-state index in [1.807, 2.05) is 21.1 Å². The number of benzene rings is 1. The van der Waals surface area contributed by atoms with E-state index in [2.05, 4.69) is 58.3 Å². The topological polar surface area (TPSA) is 72.0 Å².